The average molecular weight is 239 g/mol. The molecule has 0 fully saturated rings. The molecule has 0 aliphatic rings. The van der Waals surface area contributed by atoms with Gasteiger partial charge in [-0.15, -0.1) is 17.5 Å². The van der Waals surface area contributed by atoms with Crippen molar-refractivity contribution in [2.75, 3.05) is 0 Å². The van der Waals surface area contributed by atoms with E-state index in [1.54, 1.807) is 4.68 Å². The summed E-state index contributed by atoms with van der Waals surface area (Å²) < 4.78 is 1.73. The summed E-state index contributed by atoms with van der Waals surface area (Å²) in [6, 6.07) is 9.84. The summed E-state index contributed by atoms with van der Waals surface area (Å²) in [5.41, 5.74) is 7.25. The van der Waals surface area contributed by atoms with E-state index in [4.69, 9.17) is 5.73 Å². The highest BCUT2D eigenvalue weighted by molar-refractivity contribution is 5.85. The molecule has 5 heteroatoms. The Hall–Kier alpha value is -1.39. The smallest absolute Gasteiger partial charge is 0.102 e. The number of nitrogens with zero attached hydrogens (tertiary/aromatic N) is 3. The number of rotatable bonds is 2. The molecule has 0 radical (unpaired) electrons. The van der Waals surface area contributed by atoms with Crippen LogP contribution in [0, 0.1) is 0 Å². The van der Waals surface area contributed by atoms with Crippen molar-refractivity contribution in [2.45, 2.75) is 19.4 Å². The topological polar surface area (TPSA) is 56.7 Å². The summed E-state index contributed by atoms with van der Waals surface area (Å²) in [6.45, 7) is 3.82. The predicted molar refractivity (Wildman–Crippen MR) is 65.8 cm³/mol. The van der Waals surface area contributed by atoms with Gasteiger partial charge in [0, 0.05) is 0 Å². The van der Waals surface area contributed by atoms with Crippen LogP contribution in [0.1, 0.15) is 19.5 Å². The number of hydrogen-bond donors (Lipinski definition) is 1. The van der Waals surface area contributed by atoms with Gasteiger partial charge in [0.05, 0.1) is 17.4 Å². The van der Waals surface area contributed by atoms with Gasteiger partial charge in [-0.25, -0.2) is 4.68 Å². The van der Waals surface area contributed by atoms with Crippen molar-refractivity contribution in [3.63, 3.8) is 0 Å². The molecule has 0 bridgehead atoms. The van der Waals surface area contributed by atoms with Crippen LogP contribution in [0.25, 0.3) is 5.69 Å². The standard InChI is InChI=1S/C11H14N4.ClH/c1-11(2,12)10-8-15(14-13-10)9-6-4-3-5-7-9;/h3-8H,12H2,1-2H3;1H. The van der Waals surface area contributed by atoms with E-state index in [0.29, 0.717) is 0 Å². The van der Waals surface area contributed by atoms with Crippen LogP contribution >= 0.6 is 12.4 Å². The van der Waals surface area contributed by atoms with E-state index in [-0.39, 0.29) is 12.4 Å². The number of hydrogen-bond acceptors (Lipinski definition) is 3. The maximum Gasteiger partial charge on any atom is 0.102 e. The van der Waals surface area contributed by atoms with Gasteiger partial charge in [-0.2, -0.15) is 0 Å². The molecule has 1 aromatic carbocycles. The van der Waals surface area contributed by atoms with Crippen molar-refractivity contribution >= 4 is 12.4 Å². The van der Waals surface area contributed by atoms with Gasteiger partial charge in [0.25, 0.3) is 0 Å². The highest BCUT2D eigenvalue weighted by atomic mass is 35.5. The molecule has 16 heavy (non-hydrogen) atoms. The van der Waals surface area contributed by atoms with Crippen molar-refractivity contribution in [3.05, 3.63) is 42.2 Å². The zero-order valence-corrected chi connectivity index (χ0v) is 10.1. The molecule has 86 valence electrons. The lowest BCUT2D eigenvalue weighted by molar-refractivity contribution is 0.533. The third-order valence-electron chi connectivity index (χ3n) is 2.17. The maximum atomic E-state index is 5.93. The first-order chi connectivity index (χ1) is 7.07. The highest BCUT2D eigenvalue weighted by Gasteiger charge is 2.18. The fourth-order valence-electron chi connectivity index (χ4n) is 1.27. The number of benzene rings is 1. The minimum absolute atomic E-state index is 0. The Morgan fingerprint density at radius 1 is 1.19 bits per heavy atom. The molecule has 1 aromatic heterocycles. The number of aromatic nitrogens is 3. The molecule has 2 aromatic rings. The van der Waals surface area contributed by atoms with E-state index in [9.17, 15) is 0 Å². The molecular weight excluding hydrogens is 224 g/mol. The summed E-state index contributed by atoms with van der Waals surface area (Å²) in [6.07, 6.45) is 1.86. The van der Waals surface area contributed by atoms with Gasteiger partial charge < -0.3 is 5.73 Å². The largest absolute Gasteiger partial charge is 0.320 e. The first-order valence-corrected chi connectivity index (χ1v) is 4.84. The molecule has 0 atom stereocenters. The van der Waals surface area contributed by atoms with E-state index < -0.39 is 5.54 Å². The van der Waals surface area contributed by atoms with Crippen molar-refractivity contribution in [1.29, 1.82) is 0 Å². The van der Waals surface area contributed by atoms with Crippen LogP contribution in [0.3, 0.4) is 0 Å². The molecular formula is C11H15ClN4. The van der Waals surface area contributed by atoms with Crippen LogP contribution < -0.4 is 5.73 Å². The highest BCUT2D eigenvalue weighted by Crippen LogP contribution is 2.14. The zero-order valence-electron chi connectivity index (χ0n) is 9.29. The van der Waals surface area contributed by atoms with Gasteiger partial charge in [-0.05, 0) is 26.0 Å². The molecule has 0 amide bonds. The van der Waals surface area contributed by atoms with Gasteiger partial charge in [-0.3, -0.25) is 0 Å². The van der Waals surface area contributed by atoms with Crippen LogP contribution in [-0.2, 0) is 5.54 Å². The van der Waals surface area contributed by atoms with Crippen molar-refractivity contribution in [2.24, 2.45) is 5.73 Å². The molecule has 2 rings (SSSR count). The van der Waals surface area contributed by atoms with Crippen molar-refractivity contribution in [1.82, 2.24) is 15.0 Å². The average Bonchev–Trinajstić information content (AvgIpc) is 2.67. The van der Waals surface area contributed by atoms with Crippen LogP contribution in [0.5, 0.6) is 0 Å². The second-order valence-electron chi connectivity index (χ2n) is 4.11. The Morgan fingerprint density at radius 3 is 2.31 bits per heavy atom. The molecule has 0 spiro atoms. The van der Waals surface area contributed by atoms with Crippen molar-refractivity contribution in [3.8, 4) is 5.69 Å². The van der Waals surface area contributed by atoms with E-state index in [0.717, 1.165) is 11.4 Å². The monoisotopic (exact) mass is 238 g/mol. The Labute approximate surface area is 101 Å². The Bertz CT molecular complexity index is 445. The molecule has 0 unspecified atom stereocenters. The quantitative estimate of drug-likeness (QED) is 0.869. The van der Waals surface area contributed by atoms with Gasteiger partial charge in [-0.1, -0.05) is 23.4 Å². The van der Waals surface area contributed by atoms with Crippen LogP contribution in [0.4, 0.5) is 0 Å². The summed E-state index contributed by atoms with van der Waals surface area (Å²) in [5.74, 6) is 0. The lowest BCUT2D eigenvalue weighted by Crippen LogP contribution is -2.29. The van der Waals surface area contributed by atoms with E-state index in [1.807, 2.05) is 50.4 Å². The Kier molecular flexibility index (Phi) is 3.67. The van der Waals surface area contributed by atoms with Crippen LogP contribution in [0.15, 0.2) is 36.5 Å². The van der Waals surface area contributed by atoms with Crippen LogP contribution in [-0.4, -0.2) is 15.0 Å². The third kappa shape index (κ3) is 2.59. The lowest BCUT2D eigenvalue weighted by atomic mass is 10.0. The second kappa shape index (κ2) is 4.63. The SMILES string of the molecule is CC(C)(N)c1cn(-c2ccccc2)nn1.Cl. The van der Waals surface area contributed by atoms with Crippen molar-refractivity contribution < 1.29 is 0 Å². The fraction of sp³-hybridized carbons (Fsp3) is 0.273. The Morgan fingerprint density at radius 2 is 1.81 bits per heavy atom. The summed E-state index contributed by atoms with van der Waals surface area (Å²) in [7, 11) is 0. The fourth-order valence-corrected chi connectivity index (χ4v) is 1.27. The van der Waals surface area contributed by atoms with E-state index >= 15 is 0 Å². The summed E-state index contributed by atoms with van der Waals surface area (Å²) in [4.78, 5) is 0. The predicted octanol–water partition coefficient (Wildman–Crippen LogP) is 1.88. The Balaban J connectivity index is 0.00000128. The lowest BCUT2D eigenvalue weighted by Gasteiger charge is -2.13. The summed E-state index contributed by atoms with van der Waals surface area (Å²) >= 11 is 0. The van der Waals surface area contributed by atoms with Gasteiger partial charge >= 0.3 is 0 Å². The molecule has 0 saturated heterocycles. The molecule has 0 saturated carbocycles. The minimum atomic E-state index is -0.451. The first kappa shape index (κ1) is 12.7. The van der Waals surface area contributed by atoms with Gasteiger partial charge in [0.15, 0.2) is 0 Å². The minimum Gasteiger partial charge on any atom is -0.320 e. The summed E-state index contributed by atoms with van der Waals surface area (Å²) in [5, 5.41) is 8.09. The third-order valence-corrected chi connectivity index (χ3v) is 2.17. The van der Waals surface area contributed by atoms with Crippen LogP contribution in [0.2, 0.25) is 0 Å². The number of para-hydroxylation sites is 1. The molecule has 0 aliphatic heterocycles. The van der Waals surface area contributed by atoms with Gasteiger partial charge in [0.1, 0.15) is 5.69 Å². The zero-order chi connectivity index (χ0) is 10.9. The molecule has 1 heterocycles. The number of nitrogens with two attached hydrogens (primary N) is 1. The number of halogens is 1. The molecule has 2 N–H and O–H groups in total. The molecule has 0 aliphatic carbocycles. The van der Waals surface area contributed by atoms with E-state index in [2.05, 4.69) is 10.3 Å². The van der Waals surface area contributed by atoms with Gasteiger partial charge in [0.2, 0.25) is 0 Å². The first-order valence-electron chi connectivity index (χ1n) is 4.84. The second-order valence-corrected chi connectivity index (χ2v) is 4.11. The molecule has 4 nitrogen and oxygen atoms in total. The normalized spacial score (nSPS) is 10.9. The van der Waals surface area contributed by atoms with E-state index in [1.165, 1.54) is 0 Å². The maximum absolute atomic E-state index is 5.93.